The van der Waals surface area contributed by atoms with Crippen LogP contribution < -0.4 is 5.73 Å². The maximum Gasteiger partial charge on any atom is 0.181 e. The molecule has 1 heterocycles. The maximum absolute atomic E-state index is 13.3. The summed E-state index contributed by atoms with van der Waals surface area (Å²) in [5.74, 6) is -0.965. The molecular formula is C8H6F2N2S. The quantitative estimate of drug-likeness (QED) is 0.709. The lowest BCUT2D eigenvalue weighted by Gasteiger charge is -1.96. The molecule has 0 atom stereocenters. The number of hydrogen-bond acceptors (Lipinski definition) is 3. The van der Waals surface area contributed by atoms with Crippen molar-refractivity contribution in [2.45, 2.75) is 6.92 Å². The molecule has 0 bridgehead atoms. The molecule has 0 saturated carbocycles. The van der Waals surface area contributed by atoms with Crippen LogP contribution in [-0.4, -0.2) is 4.98 Å². The van der Waals surface area contributed by atoms with Crippen LogP contribution in [0.3, 0.4) is 0 Å². The van der Waals surface area contributed by atoms with Crippen LogP contribution in [0.25, 0.3) is 10.2 Å². The molecule has 0 amide bonds. The molecule has 0 radical (unpaired) electrons. The zero-order chi connectivity index (χ0) is 9.59. The maximum atomic E-state index is 13.3. The molecule has 0 saturated heterocycles. The van der Waals surface area contributed by atoms with Gasteiger partial charge in [0.1, 0.15) is 11.3 Å². The molecule has 1 aromatic heterocycles. The minimum Gasteiger partial charge on any atom is -0.375 e. The van der Waals surface area contributed by atoms with Gasteiger partial charge in [-0.3, -0.25) is 0 Å². The van der Waals surface area contributed by atoms with Crippen molar-refractivity contribution in [1.82, 2.24) is 4.98 Å². The molecule has 0 spiro atoms. The number of anilines is 1. The van der Waals surface area contributed by atoms with Crippen molar-refractivity contribution in [1.29, 1.82) is 0 Å². The van der Waals surface area contributed by atoms with E-state index in [0.29, 0.717) is 0 Å². The summed E-state index contributed by atoms with van der Waals surface area (Å²) in [4.78, 5) is 3.70. The van der Waals surface area contributed by atoms with Crippen molar-refractivity contribution in [3.05, 3.63) is 23.3 Å². The van der Waals surface area contributed by atoms with E-state index in [2.05, 4.69) is 4.98 Å². The summed E-state index contributed by atoms with van der Waals surface area (Å²) in [6.45, 7) is 1.51. The average molecular weight is 200 g/mol. The van der Waals surface area contributed by atoms with Gasteiger partial charge in [0, 0.05) is 0 Å². The predicted octanol–water partition coefficient (Wildman–Crippen LogP) is 2.47. The van der Waals surface area contributed by atoms with Gasteiger partial charge >= 0.3 is 0 Å². The molecule has 2 rings (SSSR count). The fourth-order valence-electron chi connectivity index (χ4n) is 1.15. The van der Waals surface area contributed by atoms with Gasteiger partial charge in [0.25, 0.3) is 0 Å². The van der Waals surface area contributed by atoms with Crippen molar-refractivity contribution >= 4 is 26.7 Å². The first-order valence-corrected chi connectivity index (χ1v) is 4.42. The zero-order valence-electron chi connectivity index (χ0n) is 6.77. The zero-order valence-corrected chi connectivity index (χ0v) is 7.58. The Morgan fingerprint density at radius 1 is 1.46 bits per heavy atom. The number of aromatic nitrogens is 1. The predicted molar refractivity (Wildman–Crippen MR) is 48.7 cm³/mol. The highest BCUT2D eigenvalue weighted by atomic mass is 32.1. The minimum atomic E-state index is -0.526. The lowest BCUT2D eigenvalue weighted by Crippen LogP contribution is -1.87. The number of fused-ring (bicyclic) bond motifs is 1. The Kier molecular flexibility index (Phi) is 1.69. The number of nitrogens with two attached hydrogens (primary N) is 1. The third-order valence-corrected chi connectivity index (χ3v) is 2.64. The van der Waals surface area contributed by atoms with Gasteiger partial charge in [0.05, 0.1) is 4.70 Å². The van der Waals surface area contributed by atoms with Crippen LogP contribution in [0.4, 0.5) is 13.9 Å². The van der Waals surface area contributed by atoms with Crippen LogP contribution in [-0.2, 0) is 0 Å². The van der Waals surface area contributed by atoms with Crippen molar-refractivity contribution in [3.63, 3.8) is 0 Å². The van der Waals surface area contributed by atoms with E-state index in [4.69, 9.17) is 5.73 Å². The highest BCUT2D eigenvalue weighted by Crippen LogP contribution is 2.30. The van der Waals surface area contributed by atoms with E-state index < -0.39 is 11.6 Å². The van der Waals surface area contributed by atoms with E-state index in [1.54, 1.807) is 0 Å². The third kappa shape index (κ3) is 1.16. The fraction of sp³-hybridized carbons (Fsp3) is 0.125. The molecule has 0 aliphatic heterocycles. The van der Waals surface area contributed by atoms with Gasteiger partial charge in [-0.05, 0) is 18.6 Å². The Morgan fingerprint density at radius 2 is 2.15 bits per heavy atom. The van der Waals surface area contributed by atoms with E-state index in [0.717, 1.165) is 17.4 Å². The third-order valence-electron chi connectivity index (χ3n) is 1.76. The molecule has 0 aliphatic rings. The Labute approximate surface area is 77.0 Å². The molecule has 0 aliphatic carbocycles. The SMILES string of the molecule is Cc1cc(F)c2nc(N)sc2c1F. The molecule has 2 nitrogen and oxygen atoms in total. The highest BCUT2D eigenvalue weighted by molar-refractivity contribution is 7.22. The van der Waals surface area contributed by atoms with Crippen LogP contribution in [0.1, 0.15) is 5.56 Å². The number of halogens is 2. The summed E-state index contributed by atoms with van der Waals surface area (Å²) in [6.07, 6.45) is 0. The average Bonchev–Trinajstić information content (AvgIpc) is 2.44. The summed E-state index contributed by atoms with van der Waals surface area (Å²) >= 11 is 0.959. The van der Waals surface area contributed by atoms with Crippen LogP contribution in [0.2, 0.25) is 0 Å². The van der Waals surface area contributed by atoms with Crippen molar-refractivity contribution in [2.24, 2.45) is 0 Å². The van der Waals surface area contributed by atoms with E-state index in [-0.39, 0.29) is 20.9 Å². The van der Waals surface area contributed by atoms with Gasteiger partial charge in [0.2, 0.25) is 0 Å². The van der Waals surface area contributed by atoms with Crippen LogP contribution in [0.5, 0.6) is 0 Å². The summed E-state index contributed by atoms with van der Waals surface area (Å²) < 4.78 is 26.7. The van der Waals surface area contributed by atoms with Crippen molar-refractivity contribution < 1.29 is 8.78 Å². The second kappa shape index (κ2) is 2.63. The van der Waals surface area contributed by atoms with Crippen LogP contribution in [0, 0.1) is 18.6 Å². The van der Waals surface area contributed by atoms with Crippen molar-refractivity contribution in [2.75, 3.05) is 5.73 Å². The summed E-state index contributed by atoms with van der Waals surface area (Å²) in [5, 5.41) is 0.179. The molecule has 2 aromatic rings. The molecule has 13 heavy (non-hydrogen) atoms. The Hall–Kier alpha value is -1.23. The first-order valence-electron chi connectivity index (χ1n) is 3.60. The van der Waals surface area contributed by atoms with Crippen LogP contribution >= 0.6 is 11.3 Å². The van der Waals surface area contributed by atoms with Gasteiger partial charge in [0.15, 0.2) is 10.9 Å². The molecule has 68 valence electrons. The molecule has 1 aromatic carbocycles. The Balaban J connectivity index is 2.95. The fourth-order valence-corrected chi connectivity index (χ4v) is 1.98. The standard InChI is InChI=1S/C8H6F2N2S/c1-3-2-4(9)6-7(5(3)10)13-8(11)12-6/h2H,1H3,(H2,11,12). The highest BCUT2D eigenvalue weighted by Gasteiger charge is 2.13. The van der Waals surface area contributed by atoms with E-state index >= 15 is 0 Å². The molecule has 2 N–H and O–H groups in total. The van der Waals surface area contributed by atoms with Crippen LogP contribution in [0.15, 0.2) is 6.07 Å². The largest absolute Gasteiger partial charge is 0.375 e. The lowest BCUT2D eigenvalue weighted by molar-refractivity contribution is 0.610. The number of benzene rings is 1. The monoisotopic (exact) mass is 200 g/mol. The minimum absolute atomic E-state index is 0.0191. The number of rotatable bonds is 0. The molecule has 0 unspecified atom stereocenters. The number of nitrogen functional groups attached to an aromatic ring is 1. The topological polar surface area (TPSA) is 38.9 Å². The van der Waals surface area contributed by atoms with Gasteiger partial charge in [-0.25, -0.2) is 13.8 Å². The molecule has 5 heteroatoms. The first kappa shape index (κ1) is 8.37. The second-order valence-corrected chi connectivity index (χ2v) is 3.75. The van der Waals surface area contributed by atoms with Gasteiger partial charge in [-0.1, -0.05) is 11.3 Å². The Bertz CT molecular complexity index is 478. The molecule has 0 fully saturated rings. The summed E-state index contributed by atoms with van der Waals surface area (Å²) in [6, 6.07) is 1.12. The van der Waals surface area contributed by atoms with Gasteiger partial charge in [-0.2, -0.15) is 0 Å². The lowest BCUT2D eigenvalue weighted by atomic mass is 10.2. The van der Waals surface area contributed by atoms with E-state index in [1.165, 1.54) is 6.92 Å². The number of hydrogen-bond donors (Lipinski definition) is 1. The molecular weight excluding hydrogens is 194 g/mol. The summed E-state index contributed by atoms with van der Waals surface area (Å²) in [5.41, 5.74) is 5.64. The smallest absolute Gasteiger partial charge is 0.181 e. The second-order valence-electron chi connectivity index (χ2n) is 2.72. The number of nitrogens with zero attached hydrogens (tertiary/aromatic N) is 1. The van der Waals surface area contributed by atoms with Gasteiger partial charge < -0.3 is 5.73 Å². The normalized spacial score (nSPS) is 11.0. The number of aryl methyl sites for hydroxylation is 1. The van der Waals surface area contributed by atoms with Crippen molar-refractivity contribution in [3.8, 4) is 0 Å². The first-order chi connectivity index (χ1) is 6.09. The Morgan fingerprint density at radius 3 is 2.85 bits per heavy atom. The van der Waals surface area contributed by atoms with E-state index in [9.17, 15) is 8.78 Å². The van der Waals surface area contributed by atoms with Gasteiger partial charge in [-0.15, -0.1) is 0 Å². The number of thiazole rings is 1. The summed E-state index contributed by atoms with van der Waals surface area (Å²) in [7, 11) is 0. The van der Waals surface area contributed by atoms with E-state index in [1.807, 2.05) is 0 Å².